The number of pyridine rings is 1. The summed E-state index contributed by atoms with van der Waals surface area (Å²) in [6.45, 7) is 0. The molecule has 3 rings (SSSR count). The molecule has 0 amide bonds. The van der Waals surface area contributed by atoms with Crippen LogP contribution in [0.15, 0.2) is 65.2 Å². The van der Waals surface area contributed by atoms with Gasteiger partial charge in [0.25, 0.3) is 0 Å². The highest BCUT2D eigenvalue weighted by atomic mass is 32.2. The van der Waals surface area contributed by atoms with E-state index in [0.29, 0.717) is 5.56 Å². The number of nitriles is 1. The summed E-state index contributed by atoms with van der Waals surface area (Å²) in [6.07, 6.45) is 10.4. The number of methoxy groups -OCH3 is 1. The Morgan fingerprint density at radius 1 is 1.34 bits per heavy atom. The first-order valence-corrected chi connectivity index (χ1v) is 11.4. The van der Waals surface area contributed by atoms with E-state index in [1.807, 2.05) is 30.4 Å². The van der Waals surface area contributed by atoms with Crippen molar-refractivity contribution in [1.29, 1.82) is 10.0 Å². The predicted octanol–water partition coefficient (Wildman–Crippen LogP) is 4.39. The number of nitrogens with zero attached hydrogens (tertiary/aromatic N) is 2. The van der Waals surface area contributed by atoms with Crippen LogP contribution >= 0.6 is 0 Å². The molecule has 0 saturated carbocycles. The fourth-order valence-corrected chi connectivity index (χ4v) is 4.60. The minimum absolute atomic E-state index is 0.0213. The molecule has 3 N–H and O–H groups in total. The Bertz CT molecular complexity index is 1100. The number of nitrogens with one attached hydrogen (secondary N) is 3. The molecular formula is C24H26FN5OS. The minimum Gasteiger partial charge on any atom is -0.497 e. The van der Waals surface area contributed by atoms with Crippen LogP contribution in [-0.2, 0) is 17.3 Å². The molecule has 1 aromatic carbocycles. The molecule has 166 valence electrons. The lowest BCUT2D eigenvalue weighted by atomic mass is 10.0. The molecule has 0 fully saturated rings. The smallest absolute Gasteiger partial charge is 0.214 e. The van der Waals surface area contributed by atoms with Crippen molar-refractivity contribution in [2.24, 2.45) is 0 Å². The maximum Gasteiger partial charge on any atom is 0.214 e. The first kappa shape index (κ1) is 23.4. The van der Waals surface area contributed by atoms with E-state index in [0.717, 1.165) is 35.5 Å². The molecule has 0 radical (unpaired) electrons. The molecule has 8 heteroatoms. The van der Waals surface area contributed by atoms with Crippen molar-refractivity contribution in [1.82, 2.24) is 15.0 Å². The van der Waals surface area contributed by atoms with Crippen LogP contribution in [0.2, 0.25) is 0 Å². The lowest BCUT2D eigenvalue weighted by Crippen LogP contribution is -2.28. The number of halogens is 1. The zero-order valence-corrected chi connectivity index (χ0v) is 18.9. The highest BCUT2D eigenvalue weighted by Gasteiger charge is 2.17. The van der Waals surface area contributed by atoms with Crippen LogP contribution < -0.4 is 14.8 Å². The second kappa shape index (κ2) is 11.4. The van der Waals surface area contributed by atoms with Crippen molar-refractivity contribution in [2.75, 3.05) is 14.2 Å². The van der Waals surface area contributed by atoms with Crippen molar-refractivity contribution < 1.29 is 9.13 Å². The summed E-state index contributed by atoms with van der Waals surface area (Å²) < 4.78 is 31.0. The Kier molecular flexibility index (Phi) is 8.31. The van der Waals surface area contributed by atoms with Crippen LogP contribution in [-0.4, -0.2) is 25.2 Å². The standard InChI is InChI=1S/C24H26FN5OS/c1-28-16-23-19(12-18-13-21(15-26)29-24(25)14-18)8-9-20(30-32(23)27)5-3-4-17-6-10-22(31-2)11-7-17/h6-14,16,20,28H,3-5H2,1-2H3,(H2,27,30)/b19-12+,23-16?. The molecule has 2 atom stereocenters. The van der Waals surface area contributed by atoms with Gasteiger partial charge in [0, 0.05) is 25.4 Å². The van der Waals surface area contributed by atoms with E-state index < -0.39 is 16.8 Å². The lowest BCUT2D eigenvalue weighted by Gasteiger charge is -2.15. The van der Waals surface area contributed by atoms with E-state index in [2.05, 4.69) is 27.2 Å². The predicted molar refractivity (Wildman–Crippen MR) is 126 cm³/mol. The number of hydrogen-bond donors (Lipinski definition) is 3. The van der Waals surface area contributed by atoms with E-state index in [9.17, 15) is 4.39 Å². The molecule has 32 heavy (non-hydrogen) atoms. The molecule has 0 saturated heterocycles. The third-order valence-corrected chi connectivity index (χ3v) is 6.28. The van der Waals surface area contributed by atoms with Crippen LogP contribution in [0.3, 0.4) is 0 Å². The molecule has 0 aliphatic carbocycles. The third kappa shape index (κ3) is 6.36. The first-order chi connectivity index (χ1) is 15.5. The quantitative estimate of drug-likeness (QED) is 0.543. The summed E-state index contributed by atoms with van der Waals surface area (Å²) in [6, 6.07) is 12.8. The van der Waals surface area contributed by atoms with Gasteiger partial charge in [-0.1, -0.05) is 24.3 Å². The molecule has 1 aliphatic rings. The van der Waals surface area contributed by atoms with Crippen molar-refractivity contribution in [3.05, 3.63) is 88.0 Å². The van der Waals surface area contributed by atoms with Gasteiger partial charge in [-0.05, 0) is 71.1 Å². The summed E-state index contributed by atoms with van der Waals surface area (Å²) >= 11 is 0. The van der Waals surface area contributed by atoms with E-state index in [1.54, 1.807) is 26.4 Å². The minimum atomic E-state index is -0.967. The summed E-state index contributed by atoms with van der Waals surface area (Å²) in [4.78, 5) is 4.32. The normalized spacial score (nSPS) is 20.7. The monoisotopic (exact) mass is 451 g/mol. The average molecular weight is 452 g/mol. The highest BCUT2D eigenvalue weighted by Crippen LogP contribution is 2.24. The topological polar surface area (TPSA) is 93.8 Å². The summed E-state index contributed by atoms with van der Waals surface area (Å²) in [5.74, 6) is 0.145. The largest absolute Gasteiger partial charge is 0.497 e. The molecular weight excluding hydrogens is 425 g/mol. The van der Waals surface area contributed by atoms with Crippen LogP contribution in [0.5, 0.6) is 5.75 Å². The first-order valence-electron chi connectivity index (χ1n) is 10.2. The van der Waals surface area contributed by atoms with Crippen LogP contribution in [0.25, 0.3) is 6.08 Å². The number of aryl methyl sites for hydroxylation is 1. The Morgan fingerprint density at radius 3 is 2.81 bits per heavy atom. The molecule has 6 nitrogen and oxygen atoms in total. The number of allylic oxidation sites excluding steroid dienone is 2. The molecule has 1 aliphatic heterocycles. The van der Waals surface area contributed by atoms with Gasteiger partial charge in [-0.2, -0.15) is 9.65 Å². The Morgan fingerprint density at radius 2 is 2.12 bits per heavy atom. The van der Waals surface area contributed by atoms with Crippen molar-refractivity contribution >= 4 is 17.0 Å². The number of rotatable bonds is 7. The number of aromatic nitrogens is 1. The van der Waals surface area contributed by atoms with Gasteiger partial charge in [0.2, 0.25) is 5.95 Å². The van der Waals surface area contributed by atoms with Crippen LogP contribution in [0, 0.1) is 22.1 Å². The van der Waals surface area contributed by atoms with Gasteiger partial charge < -0.3 is 10.1 Å². The Balaban J connectivity index is 1.76. The van der Waals surface area contributed by atoms with Crippen LogP contribution in [0.1, 0.15) is 29.7 Å². The summed E-state index contributed by atoms with van der Waals surface area (Å²) in [5, 5.41) is 12.1. The van der Waals surface area contributed by atoms with E-state index in [1.165, 1.54) is 17.7 Å². The molecule has 1 aromatic heterocycles. The Labute approximate surface area is 190 Å². The fourth-order valence-electron chi connectivity index (χ4n) is 3.38. The highest BCUT2D eigenvalue weighted by molar-refractivity contribution is 7.88. The zero-order valence-electron chi connectivity index (χ0n) is 18.1. The molecule has 0 spiro atoms. The van der Waals surface area contributed by atoms with E-state index in [4.69, 9.17) is 14.8 Å². The van der Waals surface area contributed by atoms with Crippen molar-refractivity contribution in [2.45, 2.75) is 25.3 Å². The second-order valence-corrected chi connectivity index (χ2v) is 8.54. The van der Waals surface area contributed by atoms with Crippen molar-refractivity contribution in [3.63, 3.8) is 0 Å². The maximum absolute atomic E-state index is 13.8. The van der Waals surface area contributed by atoms with Crippen LogP contribution in [0.4, 0.5) is 4.39 Å². The molecule has 2 unspecified atom stereocenters. The Hall–Kier alpha value is -3.28. The van der Waals surface area contributed by atoms with Gasteiger partial charge in [-0.25, -0.2) is 9.71 Å². The molecule has 0 bridgehead atoms. The number of benzene rings is 1. The SMILES string of the molecule is CNC=C1/C(=C/c2cc(F)nc(C#N)c2)C=CC(CCCc2ccc(OC)cc2)NS1=N. The second-order valence-electron chi connectivity index (χ2n) is 7.25. The number of hydrogen-bond acceptors (Lipinski definition) is 5. The molecule has 2 aromatic rings. The fraction of sp³-hybridized carbons (Fsp3) is 0.250. The van der Waals surface area contributed by atoms with Gasteiger partial charge >= 0.3 is 0 Å². The third-order valence-electron chi connectivity index (χ3n) is 4.95. The van der Waals surface area contributed by atoms with Gasteiger partial charge in [0.05, 0.1) is 12.0 Å². The van der Waals surface area contributed by atoms with E-state index >= 15 is 0 Å². The van der Waals surface area contributed by atoms with Crippen molar-refractivity contribution in [3.8, 4) is 11.8 Å². The summed E-state index contributed by atoms with van der Waals surface area (Å²) in [5.41, 5.74) is 2.59. The lowest BCUT2D eigenvalue weighted by molar-refractivity contribution is 0.414. The van der Waals surface area contributed by atoms with Gasteiger partial charge in [-0.3, -0.25) is 4.78 Å². The number of ether oxygens (including phenoxy) is 1. The van der Waals surface area contributed by atoms with Gasteiger partial charge in [0.1, 0.15) is 17.5 Å². The van der Waals surface area contributed by atoms with Gasteiger partial charge in [-0.15, -0.1) is 0 Å². The maximum atomic E-state index is 13.8. The van der Waals surface area contributed by atoms with E-state index in [-0.39, 0.29) is 11.7 Å². The summed E-state index contributed by atoms with van der Waals surface area (Å²) in [7, 11) is 2.47. The average Bonchev–Trinajstić information content (AvgIpc) is 2.93. The molecule has 2 heterocycles. The van der Waals surface area contributed by atoms with Gasteiger partial charge in [0.15, 0.2) is 0 Å². The zero-order chi connectivity index (χ0) is 22.9.